The number of carbonyl (C=O) groups excluding carboxylic acids is 1. The number of hydrogen-bond acceptors (Lipinski definition) is 2. The van der Waals surface area contributed by atoms with Crippen molar-refractivity contribution >= 4 is 33.5 Å². The first-order valence-corrected chi connectivity index (χ1v) is 6.72. The minimum Gasteiger partial charge on any atom is -0.477 e. The summed E-state index contributed by atoms with van der Waals surface area (Å²) < 4.78 is 0.941. The van der Waals surface area contributed by atoms with E-state index in [4.69, 9.17) is 5.11 Å². The van der Waals surface area contributed by atoms with Crippen LogP contribution in [0.2, 0.25) is 0 Å². The minimum absolute atomic E-state index is 0.00773. The number of hydrogen-bond donors (Lipinski definition) is 3. The fourth-order valence-electron chi connectivity index (χ4n) is 1.84. The lowest BCUT2D eigenvalue weighted by Gasteiger charge is -2.04. The first-order valence-electron chi connectivity index (χ1n) is 5.93. The quantitative estimate of drug-likeness (QED) is 0.802. The molecule has 0 spiro atoms. The molecule has 0 unspecified atom stereocenters. The van der Waals surface area contributed by atoms with Gasteiger partial charge in [0.1, 0.15) is 5.69 Å². The summed E-state index contributed by atoms with van der Waals surface area (Å²) in [6, 6.07) is 8.98. The van der Waals surface area contributed by atoms with Crippen molar-refractivity contribution < 1.29 is 14.7 Å². The average Bonchev–Trinajstić information content (AvgIpc) is 2.73. The predicted molar refractivity (Wildman–Crippen MR) is 79.0 cm³/mol. The topological polar surface area (TPSA) is 82.2 Å². The number of H-pyrrole nitrogens is 1. The molecule has 0 radical (unpaired) electrons. The number of rotatable bonds is 4. The number of carboxylic acid groups (broad SMARTS) is 1. The highest BCUT2D eigenvalue weighted by Crippen LogP contribution is 2.17. The highest BCUT2D eigenvalue weighted by Gasteiger charge is 2.15. The molecule has 6 heteroatoms. The van der Waals surface area contributed by atoms with Crippen LogP contribution in [0.25, 0.3) is 0 Å². The van der Waals surface area contributed by atoms with Crippen LogP contribution in [-0.4, -0.2) is 22.0 Å². The van der Waals surface area contributed by atoms with Gasteiger partial charge in [-0.2, -0.15) is 0 Å². The van der Waals surface area contributed by atoms with Gasteiger partial charge < -0.3 is 15.4 Å². The van der Waals surface area contributed by atoms with E-state index in [1.807, 2.05) is 24.3 Å². The second-order valence-electron chi connectivity index (χ2n) is 4.40. The number of amides is 1. The molecule has 1 aromatic heterocycles. The van der Waals surface area contributed by atoms with Gasteiger partial charge in [-0.05, 0) is 30.7 Å². The van der Waals surface area contributed by atoms with E-state index >= 15 is 0 Å². The standard InChI is InChI=1S/C14H13BrN2O3/c1-8-6-11(13(16-8)14(19)20)17-12(18)7-9-2-4-10(15)5-3-9/h2-6,16H,7H2,1H3,(H,17,18)(H,19,20). The summed E-state index contributed by atoms with van der Waals surface area (Å²) in [7, 11) is 0. The molecule has 0 aliphatic heterocycles. The molecule has 0 aliphatic rings. The van der Waals surface area contributed by atoms with Gasteiger partial charge in [0.05, 0.1) is 12.1 Å². The molecule has 0 atom stereocenters. The van der Waals surface area contributed by atoms with Gasteiger partial charge in [-0.3, -0.25) is 4.79 Å². The van der Waals surface area contributed by atoms with Gasteiger partial charge in [-0.1, -0.05) is 28.1 Å². The minimum atomic E-state index is -1.10. The van der Waals surface area contributed by atoms with Crippen molar-refractivity contribution in [3.63, 3.8) is 0 Å². The van der Waals surface area contributed by atoms with Crippen molar-refractivity contribution in [2.45, 2.75) is 13.3 Å². The van der Waals surface area contributed by atoms with Crippen LogP contribution in [0.3, 0.4) is 0 Å². The molecule has 0 aliphatic carbocycles. The van der Waals surface area contributed by atoms with Crippen LogP contribution in [0.5, 0.6) is 0 Å². The number of aromatic carboxylic acids is 1. The summed E-state index contributed by atoms with van der Waals surface area (Å²) in [6.45, 7) is 1.73. The molecule has 0 saturated carbocycles. The number of carbonyl (C=O) groups is 2. The fraction of sp³-hybridized carbons (Fsp3) is 0.143. The molecule has 20 heavy (non-hydrogen) atoms. The maximum absolute atomic E-state index is 11.9. The Morgan fingerprint density at radius 2 is 1.95 bits per heavy atom. The van der Waals surface area contributed by atoms with Gasteiger partial charge in [0.2, 0.25) is 5.91 Å². The largest absolute Gasteiger partial charge is 0.477 e. The van der Waals surface area contributed by atoms with Crippen LogP contribution in [0.4, 0.5) is 5.69 Å². The van der Waals surface area contributed by atoms with Gasteiger partial charge in [-0.25, -0.2) is 4.79 Å². The monoisotopic (exact) mass is 336 g/mol. The Balaban J connectivity index is 2.08. The van der Waals surface area contributed by atoms with Crippen LogP contribution in [0, 0.1) is 6.92 Å². The molecule has 1 heterocycles. The Labute approximate surface area is 124 Å². The van der Waals surface area contributed by atoms with E-state index in [0.717, 1.165) is 10.0 Å². The summed E-state index contributed by atoms with van der Waals surface area (Å²) in [4.78, 5) is 25.6. The molecule has 0 saturated heterocycles. The molecule has 2 aromatic rings. The second-order valence-corrected chi connectivity index (χ2v) is 5.31. The molecular formula is C14H13BrN2O3. The number of halogens is 1. The number of aromatic amines is 1. The van der Waals surface area contributed by atoms with Crippen molar-refractivity contribution in [2.24, 2.45) is 0 Å². The first kappa shape index (κ1) is 14.3. The van der Waals surface area contributed by atoms with Crippen molar-refractivity contribution in [3.05, 3.63) is 51.8 Å². The van der Waals surface area contributed by atoms with Gasteiger partial charge in [0.15, 0.2) is 0 Å². The molecular weight excluding hydrogens is 324 g/mol. The van der Waals surface area contributed by atoms with Gasteiger partial charge >= 0.3 is 5.97 Å². The van der Waals surface area contributed by atoms with E-state index in [2.05, 4.69) is 26.2 Å². The smallest absolute Gasteiger partial charge is 0.354 e. The molecule has 5 nitrogen and oxygen atoms in total. The SMILES string of the molecule is Cc1cc(NC(=O)Cc2ccc(Br)cc2)c(C(=O)O)[nH]1. The number of aryl methyl sites for hydroxylation is 1. The summed E-state index contributed by atoms with van der Waals surface area (Å²) in [5, 5.41) is 11.6. The van der Waals surface area contributed by atoms with Crippen LogP contribution in [0.15, 0.2) is 34.8 Å². The molecule has 104 valence electrons. The summed E-state index contributed by atoms with van der Waals surface area (Å²) >= 11 is 3.32. The molecule has 2 rings (SSSR count). The van der Waals surface area contributed by atoms with Crippen LogP contribution in [-0.2, 0) is 11.2 Å². The molecule has 0 bridgehead atoms. The predicted octanol–water partition coefficient (Wildman–Crippen LogP) is 2.97. The van der Waals surface area contributed by atoms with Crippen molar-refractivity contribution in [1.82, 2.24) is 4.98 Å². The number of carboxylic acids is 1. The molecule has 1 amide bonds. The Morgan fingerprint density at radius 3 is 2.55 bits per heavy atom. The summed E-state index contributed by atoms with van der Waals surface area (Å²) in [5.74, 6) is -1.36. The van der Waals surface area contributed by atoms with E-state index in [1.54, 1.807) is 13.0 Å². The number of aromatic nitrogens is 1. The normalized spacial score (nSPS) is 10.3. The fourth-order valence-corrected chi connectivity index (χ4v) is 2.10. The van der Waals surface area contributed by atoms with E-state index in [9.17, 15) is 9.59 Å². The third kappa shape index (κ3) is 3.48. The van der Waals surface area contributed by atoms with E-state index < -0.39 is 5.97 Å². The second kappa shape index (κ2) is 5.92. The zero-order chi connectivity index (χ0) is 14.7. The molecule has 3 N–H and O–H groups in total. The van der Waals surface area contributed by atoms with Crippen LogP contribution in [0.1, 0.15) is 21.7 Å². The average molecular weight is 337 g/mol. The van der Waals surface area contributed by atoms with E-state index in [0.29, 0.717) is 5.69 Å². The molecule has 1 aromatic carbocycles. The van der Waals surface area contributed by atoms with E-state index in [1.165, 1.54) is 0 Å². The highest BCUT2D eigenvalue weighted by atomic mass is 79.9. The Morgan fingerprint density at radius 1 is 1.30 bits per heavy atom. The third-order valence-corrected chi connectivity index (χ3v) is 3.25. The van der Waals surface area contributed by atoms with Crippen LogP contribution < -0.4 is 5.32 Å². The zero-order valence-electron chi connectivity index (χ0n) is 10.7. The number of anilines is 1. The van der Waals surface area contributed by atoms with Crippen LogP contribution >= 0.6 is 15.9 Å². The Bertz CT molecular complexity index is 647. The summed E-state index contributed by atoms with van der Waals surface area (Å²) in [5.41, 5.74) is 1.82. The Kier molecular flexibility index (Phi) is 4.24. The van der Waals surface area contributed by atoms with Crippen molar-refractivity contribution in [3.8, 4) is 0 Å². The maximum Gasteiger partial charge on any atom is 0.354 e. The van der Waals surface area contributed by atoms with Gasteiger partial charge in [0, 0.05) is 10.2 Å². The lowest BCUT2D eigenvalue weighted by atomic mass is 10.1. The van der Waals surface area contributed by atoms with Crippen molar-refractivity contribution in [1.29, 1.82) is 0 Å². The summed E-state index contributed by atoms with van der Waals surface area (Å²) in [6.07, 6.45) is 0.191. The number of nitrogens with one attached hydrogen (secondary N) is 2. The van der Waals surface area contributed by atoms with Gasteiger partial charge in [-0.15, -0.1) is 0 Å². The zero-order valence-corrected chi connectivity index (χ0v) is 12.3. The lowest BCUT2D eigenvalue weighted by Crippen LogP contribution is -2.16. The number of benzene rings is 1. The first-order chi connectivity index (χ1) is 9.45. The van der Waals surface area contributed by atoms with E-state index in [-0.39, 0.29) is 23.7 Å². The van der Waals surface area contributed by atoms with Crippen molar-refractivity contribution in [2.75, 3.05) is 5.32 Å². The molecule has 0 fully saturated rings. The lowest BCUT2D eigenvalue weighted by molar-refractivity contribution is -0.115. The third-order valence-electron chi connectivity index (χ3n) is 2.72. The Hall–Kier alpha value is -2.08. The van der Waals surface area contributed by atoms with Gasteiger partial charge in [0.25, 0.3) is 0 Å². The maximum atomic E-state index is 11.9. The highest BCUT2D eigenvalue weighted by molar-refractivity contribution is 9.10.